The Morgan fingerprint density at radius 2 is 2.18 bits per heavy atom. The molecule has 1 saturated heterocycles. The predicted octanol–water partition coefficient (Wildman–Crippen LogP) is 2.59. The van der Waals surface area contributed by atoms with E-state index in [1.54, 1.807) is 18.9 Å². The Morgan fingerprint density at radius 1 is 1.47 bits per heavy atom. The van der Waals surface area contributed by atoms with E-state index in [-0.39, 0.29) is 0 Å². The number of rotatable bonds is 4. The van der Waals surface area contributed by atoms with Crippen LogP contribution in [0.1, 0.15) is 18.4 Å². The first-order valence-corrected chi connectivity index (χ1v) is 6.65. The molecule has 0 bridgehead atoms. The van der Waals surface area contributed by atoms with Gasteiger partial charge in [0.25, 0.3) is 0 Å². The molecule has 1 aromatic rings. The fraction of sp³-hybridized carbons (Fsp3) is 0.462. The van der Waals surface area contributed by atoms with E-state index in [9.17, 15) is 9.90 Å². The molecule has 17 heavy (non-hydrogen) atoms. The second-order valence-corrected chi connectivity index (χ2v) is 5.75. The van der Waals surface area contributed by atoms with Gasteiger partial charge in [-0.25, -0.2) is 0 Å². The van der Waals surface area contributed by atoms with Crippen LogP contribution in [0.2, 0.25) is 0 Å². The number of hydrogen-bond donors (Lipinski definition) is 1. The van der Waals surface area contributed by atoms with Gasteiger partial charge in [0, 0.05) is 0 Å². The van der Waals surface area contributed by atoms with Crippen LogP contribution in [0.4, 0.5) is 0 Å². The van der Waals surface area contributed by atoms with Crippen LogP contribution in [0.15, 0.2) is 24.3 Å². The van der Waals surface area contributed by atoms with Crippen molar-refractivity contribution in [2.24, 2.45) is 0 Å². The van der Waals surface area contributed by atoms with Gasteiger partial charge in [0.15, 0.2) is 0 Å². The number of carbonyl (C=O) groups is 1. The van der Waals surface area contributed by atoms with E-state index < -0.39 is 10.7 Å². The highest BCUT2D eigenvalue weighted by molar-refractivity contribution is 8.01. The molecule has 1 N–H and O–H groups in total. The van der Waals surface area contributed by atoms with Crippen molar-refractivity contribution in [3.8, 4) is 5.75 Å². The monoisotopic (exact) mass is 252 g/mol. The van der Waals surface area contributed by atoms with Gasteiger partial charge < -0.3 is 9.84 Å². The van der Waals surface area contributed by atoms with Gasteiger partial charge in [-0.2, -0.15) is 0 Å². The topological polar surface area (TPSA) is 46.5 Å². The summed E-state index contributed by atoms with van der Waals surface area (Å²) in [7, 11) is 1.63. The number of hydrogen-bond acceptors (Lipinski definition) is 3. The molecule has 1 atom stereocenters. The van der Waals surface area contributed by atoms with Crippen LogP contribution in [0, 0.1) is 0 Å². The molecule has 1 fully saturated rings. The van der Waals surface area contributed by atoms with Crippen LogP contribution in [-0.4, -0.2) is 28.7 Å². The number of carboxylic acids is 1. The highest BCUT2D eigenvalue weighted by Crippen LogP contribution is 2.41. The minimum Gasteiger partial charge on any atom is -0.497 e. The maximum atomic E-state index is 11.4. The molecule has 3 nitrogen and oxygen atoms in total. The van der Waals surface area contributed by atoms with Crippen LogP contribution in [-0.2, 0) is 11.2 Å². The molecule has 1 aromatic carbocycles. The van der Waals surface area contributed by atoms with Crippen molar-refractivity contribution in [2.75, 3.05) is 12.9 Å². The Bertz CT molecular complexity index is 394. The third-order valence-corrected chi connectivity index (χ3v) is 4.71. The molecule has 1 heterocycles. The predicted molar refractivity (Wildman–Crippen MR) is 68.8 cm³/mol. The third-order valence-electron chi connectivity index (χ3n) is 3.14. The Labute approximate surface area is 105 Å². The lowest BCUT2D eigenvalue weighted by Crippen LogP contribution is -2.34. The van der Waals surface area contributed by atoms with Gasteiger partial charge in [0.1, 0.15) is 10.5 Å². The summed E-state index contributed by atoms with van der Waals surface area (Å²) in [4.78, 5) is 11.4. The largest absolute Gasteiger partial charge is 0.497 e. The average Bonchev–Trinajstić information content (AvgIpc) is 2.80. The van der Waals surface area contributed by atoms with Crippen molar-refractivity contribution >= 4 is 17.7 Å². The number of benzene rings is 1. The summed E-state index contributed by atoms with van der Waals surface area (Å²) in [6, 6.07) is 7.65. The van der Waals surface area contributed by atoms with E-state index in [4.69, 9.17) is 4.74 Å². The summed E-state index contributed by atoms with van der Waals surface area (Å²) in [6.07, 6.45) is 2.35. The van der Waals surface area contributed by atoms with Crippen LogP contribution in [0.5, 0.6) is 5.75 Å². The molecular weight excluding hydrogens is 236 g/mol. The van der Waals surface area contributed by atoms with Crippen LogP contribution >= 0.6 is 11.8 Å². The lowest BCUT2D eigenvalue weighted by Gasteiger charge is -2.22. The Balaban J connectivity index is 2.15. The zero-order valence-corrected chi connectivity index (χ0v) is 10.6. The number of thioether (sulfide) groups is 1. The molecule has 1 aliphatic heterocycles. The van der Waals surface area contributed by atoms with Crippen molar-refractivity contribution in [3.05, 3.63) is 29.8 Å². The first-order valence-electron chi connectivity index (χ1n) is 5.66. The van der Waals surface area contributed by atoms with Crippen molar-refractivity contribution in [2.45, 2.75) is 24.0 Å². The van der Waals surface area contributed by atoms with Crippen molar-refractivity contribution in [1.82, 2.24) is 0 Å². The normalized spacial score (nSPS) is 23.6. The van der Waals surface area contributed by atoms with Gasteiger partial charge >= 0.3 is 5.97 Å². The molecule has 0 saturated carbocycles. The highest BCUT2D eigenvalue weighted by Gasteiger charge is 2.42. The van der Waals surface area contributed by atoms with Gasteiger partial charge in [0.05, 0.1) is 7.11 Å². The molecule has 1 aliphatic rings. The van der Waals surface area contributed by atoms with Gasteiger partial charge in [0.2, 0.25) is 0 Å². The number of carboxylic acid groups (broad SMARTS) is 1. The summed E-state index contributed by atoms with van der Waals surface area (Å²) in [5.41, 5.74) is 1.06. The SMILES string of the molecule is COc1ccc(CC2(C(=O)O)CCCS2)cc1. The molecule has 0 amide bonds. The fourth-order valence-corrected chi connectivity index (χ4v) is 3.51. The minimum atomic E-state index is -0.684. The average molecular weight is 252 g/mol. The van der Waals surface area contributed by atoms with Gasteiger partial charge in [-0.15, -0.1) is 11.8 Å². The molecule has 92 valence electrons. The molecule has 0 radical (unpaired) electrons. The molecule has 1 unspecified atom stereocenters. The smallest absolute Gasteiger partial charge is 0.320 e. The van der Waals surface area contributed by atoms with E-state index in [1.807, 2.05) is 24.3 Å². The van der Waals surface area contributed by atoms with Crippen molar-refractivity contribution < 1.29 is 14.6 Å². The fourth-order valence-electron chi connectivity index (χ4n) is 2.15. The van der Waals surface area contributed by atoms with Crippen molar-refractivity contribution in [3.63, 3.8) is 0 Å². The molecular formula is C13H16O3S. The first kappa shape index (κ1) is 12.3. The van der Waals surface area contributed by atoms with E-state index >= 15 is 0 Å². The van der Waals surface area contributed by atoms with E-state index in [0.717, 1.165) is 29.9 Å². The van der Waals surface area contributed by atoms with Crippen LogP contribution in [0.25, 0.3) is 0 Å². The molecule has 0 aliphatic carbocycles. The van der Waals surface area contributed by atoms with E-state index in [0.29, 0.717) is 6.42 Å². The lowest BCUT2D eigenvalue weighted by atomic mass is 9.94. The third kappa shape index (κ3) is 2.57. The Kier molecular flexibility index (Phi) is 3.62. The quantitative estimate of drug-likeness (QED) is 0.894. The second kappa shape index (κ2) is 5.00. The van der Waals surface area contributed by atoms with Crippen LogP contribution < -0.4 is 4.74 Å². The molecule has 0 aromatic heterocycles. The standard InChI is InChI=1S/C13H16O3S/c1-16-11-5-3-10(4-6-11)9-13(12(14)15)7-2-8-17-13/h3-6H,2,7-9H2,1H3,(H,14,15). The number of methoxy groups -OCH3 is 1. The summed E-state index contributed by atoms with van der Waals surface area (Å²) >= 11 is 1.57. The van der Waals surface area contributed by atoms with Gasteiger partial charge in [-0.05, 0) is 42.7 Å². The second-order valence-electron chi connectivity index (χ2n) is 4.28. The van der Waals surface area contributed by atoms with Gasteiger partial charge in [-0.1, -0.05) is 12.1 Å². The molecule has 4 heteroatoms. The van der Waals surface area contributed by atoms with Gasteiger partial charge in [-0.3, -0.25) is 4.79 Å². The van der Waals surface area contributed by atoms with E-state index in [2.05, 4.69) is 0 Å². The zero-order valence-electron chi connectivity index (χ0n) is 9.81. The summed E-state index contributed by atoms with van der Waals surface area (Å²) in [5.74, 6) is 1.07. The lowest BCUT2D eigenvalue weighted by molar-refractivity contribution is -0.139. The maximum Gasteiger partial charge on any atom is 0.320 e. The first-order chi connectivity index (χ1) is 8.16. The Hall–Kier alpha value is -1.16. The van der Waals surface area contributed by atoms with Crippen molar-refractivity contribution in [1.29, 1.82) is 0 Å². The highest BCUT2D eigenvalue weighted by atomic mass is 32.2. The molecule has 2 rings (SSSR count). The number of aliphatic carboxylic acids is 1. The molecule has 0 spiro atoms. The summed E-state index contributed by atoms with van der Waals surface area (Å²) in [5, 5.41) is 9.38. The maximum absolute atomic E-state index is 11.4. The Morgan fingerprint density at radius 3 is 2.65 bits per heavy atom. The zero-order chi connectivity index (χ0) is 12.3. The number of ether oxygens (including phenoxy) is 1. The summed E-state index contributed by atoms with van der Waals surface area (Å²) < 4.78 is 4.47. The van der Waals surface area contributed by atoms with Crippen LogP contribution in [0.3, 0.4) is 0 Å². The summed E-state index contributed by atoms with van der Waals surface area (Å²) in [6.45, 7) is 0. The van der Waals surface area contributed by atoms with E-state index in [1.165, 1.54) is 0 Å². The minimum absolute atomic E-state index is 0.594.